The summed E-state index contributed by atoms with van der Waals surface area (Å²) in [5, 5.41) is 3.63. The summed E-state index contributed by atoms with van der Waals surface area (Å²) >= 11 is 0. The molecule has 0 saturated carbocycles. The molecule has 0 aliphatic carbocycles. The maximum Gasteiger partial charge on any atom is 0.138 e. The molecule has 3 heteroatoms. The van der Waals surface area contributed by atoms with Crippen LogP contribution in [0, 0.1) is 5.92 Å². The van der Waals surface area contributed by atoms with Crippen LogP contribution in [-0.4, -0.2) is 17.6 Å². The highest BCUT2D eigenvalue weighted by Gasteiger charge is 2.13. The van der Waals surface area contributed by atoms with Gasteiger partial charge < -0.3 is 10.1 Å². The van der Waals surface area contributed by atoms with E-state index in [-0.39, 0.29) is 6.10 Å². The summed E-state index contributed by atoms with van der Waals surface area (Å²) in [5.74, 6) is 1.59. The zero-order chi connectivity index (χ0) is 15.0. The van der Waals surface area contributed by atoms with Crippen molar-refractivity contribution < 1.29 is 4.74 Å². The first-order chi connectivity index (χ1) is 9.52. The molecular formula is C17H30N2O. The standard InChI is InChI=1S/C17H30N2O/c1-6-9-19-17(8-7-13(2)3)15-10-16(12-18-11-15)20-14(4)5/h10-14,17,19H,6-9H2,1-5H3. The molecule has 0 bridgehead atoms. The zero-order valence-electron chi connectivity index (χ0n) is 13.6. The number of pyridine rings is 1. The largest absolute Gasteiger partial charge is 0.489 e. The van der Waals surface area contributed by atoms with Crippen LogP contribution in [0.2, 0.25) is 0 Å². The number of rotatable bonds is 9. The second kappa shape index (κ2) is 8.96. The van der Waals surface area contributed by atoms with Crippen LogP contribution in [0.5, 0.6) is 5.75 Å². The zero-order valence-corrected chi connectivity index (χ0v) is 13.6. The van der Waals surface area contributed by atoms with Crippen LogP contribution < -0.4 is 10.1 Å². The van der Waals surface area contributed by atoms with Gasteiger partial charge in [0.15, 0.2) is 0 Å². The van der Waals surface area contributed by atoms with Crippen LogP contribution in [0.15, 0.2) is 18.5 Å². The number of nitrogens with zero attached hydrogens (tertiary/aromatic N) is 1. The van der Waals surface area contributed by atoms with Crippen molar-refractivity contribution in [3.8, 4) is 5.75 Å². The predicted octanol–water partition coefficient (Wildman–Crippen LogP) is 4.35. The number of nitrogens with one attached hydrogen (secondary N) is 1. The molecule has 0 aliphatic rings. The quantitative estimate of drug-likeness (QED) is 0.729. The van der Waals surface area contributed by atoms with Gasteiger partial charge in [-0.3, -0.25) is 4.98 Å². The molecule has 1 atom stereocenters. The first-order valence-electron chi connectivity index (χ1n) is 7.87. The lowest BCUT2D eigenvalue weighted by Crippen LogP contribution is -2.23. The molecule has 1 aromatic heterocycles. The summed E-state index contributed by atoms with van der Waals surface area (Å²) in [6.07, 6.45) is 7.45. The van der Waals surface area contributed by atoms with Gasteiger partial charge in [0.05, 0.1) is 12.3 Å². The highest BCUT2D eigenvalue weighted by molar-refractivity contribution is 5.26. The van der Waals surface area contributed by atoms with Gasteiger partial charge in [-0.2, -0.15) is 0 Å². The maximum atomic E-state index is 5.74. The van der Waals surface area contributed by atoms with Gasteiger partial charge >= 0.3 is 0 Å². The fraction of sp³-hybridized carbons (Fsp3) is 0.706. The van der Waals surface area contributed by atoms with Crippen molar-refractivity contribution in [2.75, 3.05) is 6.54 Å². The summed E-state index contributed by atoms with van der Waals surface area (Å²) in [7, 11) is 0. The predicted molar refractivity (Wildman–Crippen MR) is 85.1 cm³/mol. The second-order valence-electron chi connectivity index (χ2n) is 6.10. The Morgan fingerprint density at radius 2 is 1.90 bits per heavy atom. The summed E-state index contributed by atoms with van der Waals surface area (Å²) in [5.41, 5.74) is 1.23. The Labute approximate surface area is 124 Å². The van der Waals surface area contributed by atoms with Gasteiger partial charge in [0.25, 0.3) is 0 Å². The van der Waals surface area contributed by atoms with E-state index in [1.807, 2.05) is 20.0 Å². The summed E-state index contributed by atoms with van der Waals surface area (Å²) in [6, 6.07) is 2.50. The number of hydrogen-bond acceptors (Lipinski definition) is 3. The molecular weight excluding hydrogens is 248 g/mol. The Bertz CT molecular complexity index is 377. The molecule has 1 heterocycles. The van der Waals surface area contributed by atoms with Crippen LogP contribution in [0.4, 0.5) is 0 Å². The molecule has 0 radical (unpaired) electrons. The lowest BCUT2D eigenvalue weighted by Gasteiger charge is -2.20. The summed E-state index contributed by atoms with van der Waals surface area (Å²) < 4.78 is 5.74. The molecule has 0 amide bonds. The molecule has 1 N–H and O–H groups in total. The normalized spacial score (nSPS) is 12.9. The van der Waals surface area contributed by atoms with Crippen molar-refractivity contribution in [1.29, 1.82) is 0 Å². The van der Waals surface area contributed by atoms with Crippen LogP contribution in [0.3, 0.4) is 0 Å². The van der Waals surface area contributed by atoms with E-state index >= 15 is 0 Å². The lowest BCUT2D eigenvalue weighted by atomic mass is 9.98. The van der Waals surface area contributed by atoms with Crippen molar-refractivity contribution in [2.45, 2.75) is 66.0 Å². The Balaban J connectivity index is 2.77. The van der Waals surface area contributed by atoms with E-state index in [1.165, 1.54) is 12.0 Å². The van der Waals surface area contributed by atoms with Crippen LogP contribution in [-0.2, 0) is 0 Å². The van der Waals surface area contributed by atoms with Gasteiger partial charge in [-0.15, -0.1) is 0 Å². The van der Waals surface area contributed by atoms with Gasteiger partial charge in [0, 0.05) is 12.2 Å². The third kappa shape index (κ3) is 6.38. The fourth-order valence-electron chi connectivity index (χ4n) is 2.17. The molecule has 20 heavy (non-hydrogen) atoms. The molecule has 114 valence electrons. The van der Waals surface area contributed by atoms with Gasteiger partial charge in [-0.25, -0.2) is 0 Å². The second-order valence-corrected chi connectivity index (χ2v) is 6.10. The van der Waals surface area contributed by atoms with Crippen molar-refractivity contribution in [3.05, 3.63) is 24.0 Å². The van der Waals surface area contributed by atoms with E-state index in [9.17, 15) is 0 Å². The van der Waals surface area contributed by atoms with Gasteiger partial charge in [-0.05, 0) is 57.2 Å². The van der Waals surface area contributed by atoms with E-state index in [2.05, 4.69) is 37.1 Å². The Morgan fingerprint density at radius 3 is 2.50 bits per heavy atom. The summed E-state index contributed by atoms with van der Waals surface area (Å²) in [6.45, 7) is 11.9. The van der Waals surface area contributed by atoms with Crippen molar-refractivity contribution in [1.82, 2.24) is 10.3 Å². The smallest absolute Gasteiger partial charge is 0.138 e. The van der Waals surface area contributed by atoms with Crippen molar-refractivity contribution in [3.63, 3.8) is 0 Å². The molecule has 0 spiro atoms. The van der Waals surface area contributed by atoms with Gasteiger partial charge in [-0.1, -0.05) is 20.8 Å². The van der Waals surface area contributed by atoms with Gasteiger partial charge in [0.2, 0.25) is 0 Å². The van der Waals surface area contributed by atoms with E-state index in [1.54, 1.807) is 6.20 Å². The fourth-order valence-corrected chi connectivity index (χ4v) is 2.17. The lowest BCUT2D eigenvalue weighted by molar-refractivity contribution is 0.241. The number of aromatic nitrogens is 1. The van der Waals surface area contributed by atoms with Crippen LogP contribution in [0.25, 0.3) is 0 Å². The molecule has 3 nitrogen and oxygen atoms in total. The Hall–Kier alpha value is -1.09. The third-order valence-electron chi connectivity index (χ3n) is 3.18. The van der Waals surface area contributed by atoms with E-state index in [0.717, 1.165) is 31.1 Å². The minimum atomic E-state index is 0.185. The molecule has 1 unspecified atom stereocenters. The summed E-state index contributed by atoms with van der Waals surface area (Å²) in [4.78, 5) is 4.33. The average molecular weight is 278 g/mol. The minimum absolute atomic E-state index is 0.185. The molecule has 0 saturated heterocycles. The Morgan fingerprint density at radius 1 is 1.15 bits per heavy atom. The minimum Gasteiger partial charge on any atom is -0.489 e. The number of ether oxygens (including phenoxy) is 1. The SMILES string of the molecule is CCCNC(CCC(C)C)c1cncc(OC(C)C)c1. The molecule has 1 rings (SSSR count). The molecule has 0 aliphatic heterocycles. The van der Waals surface area contributed by atoms with Gasteiger partial charge in [0.1, 0.15) is 5.75 Å². The van der Waals surface area contributed by atoms with Crippen molar-refractivity contribution in [2.24, 2.45) is 5.92 Å². The number of hydrogen-bond donors (Lipinski definition) is 1. The molecule has 1 aromatic rings. The van der Waals surface area contributed by atoms with Crippen LogP contribution >= 0.6 is 0 Å². The monoisotopic (exact) mass is 278 g/mol. The maximum absolute atomic E-state index is 5.74. The average Bonchev–Trinajstić information content (AvgIpc) is 2.38. The highest BCUT2D eigenvalue weighted by Crippen LogP contribution is 2.24. The van der Waals surface area contributed by atoms with E-state index in [0.29, 0.717) is 6.04 Å². The first-order valence-corrected chi connectivity index (χ1v) is 7.87. The van der Waals surface area contributed by atoms with E-state index in [4.69, 9.17) is 4.74 Å². The first kappa shape index (κ1) is 17.0. The molecule has 0 fully saturated rings. The van der Waals surface area contributed by atoms with Crippen molar-refractivity contribution >= 4 is 0 Å². The topological polar surface area (TPSA) is 34.2 Å². The molecule has 0 aromatic carbocycles. The highest BCUT2D eigenvalue weighted by atomic mass is 16.5. The van der Waals surface area contributed by atoms with E-state index < -0.39 is 0 Å². The Kier molecular flexibility index (Phi) is 7.60. The van der Waals surface area contributed by atoms with Crippen LogP contribution in [0.1, 0.15) is 65.5 Å². The third-order valence-corrected chi connectivity index (χ3v) is 3.18.